The number of carbonyl (C=O) groups is 3. The molecule has 0 spiro atoms. The van der Waals surface area contributed by atoms with Crippen LogP contribution in [0, 0.1) is 5.92 Å². The first-order valence-electron chi connectivity index (χ1n) is 9.68. The van der Waals surface area contributed by atoms with Crippen LogP contribution in [0.15, 0.2) is 41.6 Å². The zero-order chi connectivity index (χ0) is 21.1. The van der Waals surface area contributed by atoms with E-state index in [9.17, 15) is 14.4 Å². The third-order valence-electron chi connectivity index (χ3n) is 5.35. The van der Waals surface area contributed by atoms with Gasteiger partial charge in [-0.1, -0.05) is 18.2 Å². The molecule has 29 heavy (non-hydrogen) atoms. The van der Waals surface area contributed by atoms with Crippen LogP contribution in [0.1, 0.15) is 40.0 Å². The Morgan fingerprint density at radius 3 is 2.55 bits per heavy atom. The number of benzene rings is 1. The normalized spacial score (nSPS) is 24.0. The van der Waals surface area contributed by atoms with Crippen LogP contribution in [-0.2, 0) is 19.1 Å². The van der Waals surface area contributed by atoms with E-state index in [-0.39, 0.29) is 47.4 Å². The highest BCUT2D eigenvalue weighted by atomic mass is 32.1. The molecule has 0 unspecified atom stereocenters. The molecule has 8 heteroatoms. The van der Waals surface area contributed by atoms with Gasteiger partial charge in [-0.2, -0.15) is 0 Å². The van der Waals surface area contributed by atoms with Crippen LogP contribution in [0.2, 0.25) is 0 Å². The molecule has 2 heterocycles. The number of hydrogen-bond donors (Lipinski definition) is 2. The molecule has 7 nitrogen and oxygen atoms in total. The molecule has 2 amide bonds. The fourth-order valence-electron chi connectivity index (χ4n) is 3.66. The van der Waals surface area contributed by atoms with Crippen molar-refractivity contribution < 1.29 is 19.1 Å². The maximum atomic E-state index is 12.9. The molecule has 1 aromatic carbocycles. The Balaban J connectivity index is 1.55. The number of nitrogens with zero attached hydrogens (tertiary/aromatic N) is 1. The maximum Gasteiger partial charge on any atom is 0.309 e. The van der Waals surface area contributed by atoms with Gasteiger partial charge >= 0.3 is 5.97 Å². The van der Waals surface area contributed by atoms with E-state index >= 15 is 0 Å². The molecular weight excluding hydrogens is 390 g/mol. The Labute approximate surface area is 175 Å². The van der Waals surface area contributed by atoms with Gasteiger partial charge in [0.05, 0.1) is 18.1 Å². The van der Waals surface area contributed by atoms with Gasteiger partial charge < -0.3 is 20.3 Å². The summed E-state index contributed by atoms with van der Waals surface area (Å²) in [5, 5.41) is 5.54. The van der Waals surface area contributed by atoms with E-state index in [1.165, 1.54) is 0 Å². The maximum absolute atomic E-state index is 12.9. The Bertz CT molecular complexity index is 868. The van der Waals surface area contributed by atoms with E-state index in [1.807, 2.05) is 51.1 Å². The van der Waals surface area contributed by atoms with Gasteiger partial charge in [-0.25, -0.2) is 0 Å². The predicted octanol–water partition coefficient (Wildman–Crippen LogP) is 2.42. The number of rotatable bonds is 5. The van der Waals surface area contributed by atoms with Gasteiger partial charge in [0.2, 0.25) is 5.91 Å². The van der Waals surface area contributed by atoms with Crippen LogP contribution in [-0.4, -0.2) is 35.0 Å². The number of esters is 1. The molecule has 154 valence electrons. The van der Waals surface area contributed by atoms with Crippen molar-refractivity contribution in [2.75, 3.05) is 4.90 Å². The van der Waals surface area contributed by atoms with Gasteiger partial charge in [-0.3, -0.25) is 14.4 Å². The van der Waals surface area contributed by atoms with Gasteiger partial charge in [0.1, 0.15) is 5.70 Å². The SMILES string of the molecule is CC1=C(NC(=S)NC(=O)CC[C@@H]2C[C@H](C)OC2=O)C(=O)N(c2ccccc2)[C@H]1C. The minimum atomic E-state index is -0.300. The second kappa shape index (κ2) is 8.73. The first-order chi connectivity index (χ1) is 13.8. The van der Waals surface area contributed by atoms with Gasteiger partial charge in [-0.05, 0) is 63.5 Å². The van der Waals surface area contributed by atoms with Crippen molar-refractivity contribution in [1.82, 2.24) is 10.6 Å². The fraction of sp³-hybridized carbons (Fsp3) is 0.429. The summed E-state index contributed by atoms with van der Waals surface area (Å²) in [6.07, 6.45) is 1.10. The number of ether oxygens (including phenoxy) is 1. The minimum absolute atomic E-state index is 0.0715. The lowest BCUT2D eigenvalue weighted by molar-refractivity contribution is -0.144. The van der Waals surface area contributed by atoms with E-state index in [0.29, 0.717) is 18.5 Å². The number of para-hydroxylation sites is 1. The summed E-state index contributed by atoms with van der Waals surface area (Å²) in [6, 6.07) is 9.27. The average molecular weight is 416 g/mol. The lowest BCUT2D eigenvalue weighted by atomic mass is 9.99. The summed E-state index contributed by atoms with van der Waals surface area (Å²) < 4.78 is 5.10. The first-order valence-corrected chi connectivity index (χ1v) is 10.1. The third-order valence-corrected chi connectivity index (χ3v) is 5.56. The molecule has 0 saturated carbocycles. The molecule has 1 saturated heterocycles. The molecule has 0 radical (unpaired) electrons. The van der Waals surface area contributed by atoms with Gasteiger partial charge in [0.15, 0.2) is 5.11 Å². The van der Waals surface area contributed by atoms with Gasteiger partial charge in [-0.15, -0.1) is 0 Å². The molecule has 0 aromatic heterocycles. The summed E-state index contributed by atoms with van der Waals surface area (Å²) >= 11 is 5.22. The second-order valence-corrected chi connectivity index (χ2v) is 7.87. The summed E-state index contributed by atoms with van der Waals surface area (Å²) in [4.78, 5) is 38.4. The zero-order valence-electron chi connectivity index (χ0n) is 16.7. The zero-order valence-corrected chi connectivity index (χ0v) is 17.5. The topological polar surface area (TPSA) is 87.7 Å². The number of nitrogens with one attached hydrogen (secondary N) is 2. The van der Waals surface area contributed by atoms with Crippen LogP contribution in [0.3, 0.4) is 0 Å². The van der Waals surface area contributed by atoms with E-state index in [0.717, 1.165) is 11.3 Å². The van der Waals surface area contributed by atoms with E-state index in [1.54, 1.807) is 4.90 Å². The Kier molecular flexibility index (Phi) is 6.32. The second-order valence-electron chi connectivity index (χ2n) is 7.47. The van der Waals surface area contributed by atoms with Crippen LogP contribution in [0.4, 0.5) is 5.69 Å². The smallest absolute Gasteiger partial charge is 0.309 e. The van der Waals surface area contributed by atoms with Crippen molar-refractivity contribution in [3.05, 3.63) is 41.6 Å². The molecule has 3 atom stereocenters. The number of hydrogen-bond acceptors (Lipinski definition) is 5. The quantitative estimate of drug-likeness (QED) is 0.567. The first kappa shape index (κ1) is 21.0. The van der Waals surface area contributed by atoms with Crippen molar-refractivity contribution in [2.24, 2.45) is 5.92 Å². The average Bonchev–Trinajstić information content (AvgIpc) is 3.11. The van der Waals surface area contributed by atoms with Crippen molar-refractivity contribution >= 4 is 40.8 Å². The molecule has 0 bridgehead atoms. The van der Waals surface area contributed by atoms with E-state index in [4.69, 9.17) is 17.0 Å². The lowest BCUT2D eigenvalue weighted by Crippen LogP contribution is -2.42. The molecule has 0 aliphatic carbocycles. The highest BCUT2D eigenvalue weighted by Crippen LogP contribution is 2.29. The van der Waals surface area contributed by atoms with E-state index in [2.05, 4.69) is 10.6 Å². The summed E-state index contributed by atoms with van der Waals surface area (Å²) in [5.41, 5.74) is 2.02. The van der Waals surface area contributed by atoms with Crippen molar-refractivity contribution in [3.8, 4) is 0 Å². The fourth-order valence-corrected chi connectivity index (χ4v) is 3.88. The molecular formula is C21H25N3O4S. The highest BCUT2D eigenvalue weighted by molar-refractivity contribution is 7.80. The molecule has 3 rings (SSSR count). The van der Waals surface area contributed by atoms with Gasteiger partial charge in [0.25, 0.3) is 5.91 Å². The Morgan fingerprint density at radius 1 is 1.24 bits per heavy atom. The monoisotopic (exact) mass is 415 g/mol. The predicted molar refractivity (Wildman–Crippen MR) is 113 cm³/mol. The molecule has 2 N–H and O–H groups in total. The van der Waals surface area contributed by atoms with Crippen LogP contribution < -0.4 is 15.5 Å². The lowest BCUT2D eigenvalue weighted by Gasteiger charge is -2.23. The van der Waals surface area contributed by atoms with Crippen LogP contribution in [0.25, 0.3) is 0 Å². The number of amides is 2. The molecule has 2 aliphatic heterocycles. The van der Waals surface area contributed by atoms with Crippen LogP contribution in [0.5, 0.6) is 0 Å². The number of thiocarbonyl (C=S) groups is 1. The van der Waals surface area contributed by atoms with Crippen molar-refractivity contribution in [1.29, 1.82) is 0 Å². The minimum Gasteiger partial charge on any atom is -0.462 e. The molecule has 1 fully saturated rings. The van der Waals surface area contributed by atoms with Crippen molar-refractivity contribution in [2.45, 2.75) is 52.2 Å². The highest BCUT2D eigenvalue weighted by Gasteiger charge is 2.36. The Morgan fingerprint density at radius 2 is 1.93 bits per heavy atom. The summed E-state index contributed by atoms with van der Waals surface area (Å²) in [5.74, 6) is -0.996. The number of anilines is 1. The molecule has 2 aliphatic rings. The van der Waals surface area contributed by atoms with E-state index < -0.39 is 0 Å². The Hall–Kier alpha value is -2.74. The summed E-state index contributed by atoms with van der Waals surface area (Å²) in [7, 11) is 0. The number of cyclic esters (lactones) is 1. The largest absolute Gasteiger partial charge is 0.462 e. The standard InChI is InChI=1S/C21H25N3O4S/c1-12-11-15(20(27)28-12)9-10-17(25)22-21(29)23-18-13(2)14(3)24(19(18)26)16-7-5-4-6-8-16/h4-8,12,14-15H,9-11H2,1-3H3,(H2,22,23,25,29)/t12-,14-,15+/m0/s1. The van der Waals surface area contributed by atoms with Gasteiger partial charge in [0, 0.05) is 12.1 Å². The third kappa shape index (κ3) is 4.64. The summed E-state index contributed by atoms with van der Waals surface area (Å²) in [6.45, 7) is 5.65. The molecule has 1 aromatic rings. The number of carbonyl (C=O) groups excluding carboxylic acids is 3. The van der Waals surface area contributed by atoms with Crippen molar-refractivity contribution in [3.63, 3.8) is 0 Å². The van der Waals surface area contributed by atoms with Crippen LogP contribution >= 0.6 is 12.2 Å².